The van der Waals surface area contributed by atoms with Crippen molar-refractivity contribution in [3.8, 4) is 0 Å². The molecule has 3 aliphatic heterocycles. The monoisotopic (exact) mass is 731 g/mol. The Balaban J connectivity index is 0.00000142. The van der Waals surface area contributed by atoms with E-state index in [9.17, 15) is 45.6 Å². The summed E-state index contributed by atoms with van der Waals surface area (Å²) < 4.78 is 36.7. The predicted octanol–water partition coefficient (Wildman–Crippen LogP) is -8.43. The Morgan fingerprint density at radius 3 is 1.67 bits per heavy atom. The van der Waals surface area contributed by atoms with Gasteiger partial charge in [-0.25, -0.2) is 4.57 Å². The van der Waals surface area contributed by atoms with E-state index in [1.807, 2.05) is 0 Å². The van der Waals surface area contributed by atoms with Crippen molar-refractivity contribution in [3.05, 3.63) is 0 Å². The van der Waals surface area contributed by atoms with Crippen LogP contribution in [0.1, 0.15) is 6.92 Å². The molecule has 0 radical (unpaired) electrons. The summed E-state index contributed by atoms with van der Waals surface area (Å²) in [6.07, 6.45) is -17.6. The fourth-order valence-corrected chi connectivity index (χ4v) is 4.55. The third-order valence-electron chi connectivity index (χ3n) is 6.65. The minimum Gasteiger partial charge on any atom is -0.394 e. The largest absolute Gasteiger partial charge is 0.466 e. The molecule has 3 rings (SSSR count). The van der Waals surface area contributed by atoms with Gasteiger partial charge in [-0.05, 0) is 0 Å². The number of hydrogen-bond acceptors (Lipinski definition) is 17. The summed E-state index contributed by atoms with van der Waals surface area (Å²) in [6, 6.07) is -4.04. The number of ether oxygens (including phenoxy) is 5. The van der Waals surface area contributed by atoms with Gasteiger partial charge in [-0.1, -0.05) is 0 Å². The summed E-state index contributed by atoms with van der Waals surface area (Å²) in [7, 11) is -4.64. The van der Waals surface area contributed by atoms with E-state index < -0.39 is 125 Å². The van der Waals surface area contributed by atoms with Crippen molar-refractivity contribution in [1.82, 2.24) is 5.32 Å². The zero-order valence-electron chi connectivity index (χ0n) is 22.7. The predicted molar refractivity (Wildman–Crippen MR) is 131 cm³/mol. The number of nitrogens with one attached hydrogen (secondary N) is 1. The Kier molecular flexibility index (Phi) is 16.8. The van der Waals surface area contributed by atoms with Crippen molar-refractivity contribution in [3.63, 3.8) is 0 Å². The second-order valence-corrected chi connectivity index (χ2v) is 10.8. The van der Waals surface area contributed by atoms with Gasteiger partial charge in [-0.2, -0.15) is 0 Å². The van der Waals surface area contributed by atoms with Crippen LogP contribution in [0.25, 0.3) is 0 Å². The first-order chi connectivity index (χ1) is 19.4. The number of carbonyl (C=O) groups is 1. The fraction of sp³-hybridized carbons (Fsp3) is 0.950. The summed E-state index contributed by atoms with van der Waals surface area (Å²) in [5, 5.41) is 83.1. The molecule has 3 fully saturated rings. The third-order valence-corrected chi connectivity index (χ3v) is 6.65. The van der Waals surface area contributed by atoms with E-state index in [0.717, 1.165) is 6.92 Å². The molecule has 0 bridgehead atoms. The summed E-state index contributed by atoms with van der Waals surface area (Å²) in [5.41, 5.74) is 11.6. The van der Waals surface area contributed by atoms with Crippen LogP contribution in [0.3, 0.4) is 0 Å². The van der Waals surface area contributed by atoms with E-state index in [-0.39, 0.29) is 26.2 Å². The van der Waals surface area contributed by atoms with Crippen LogP contribution in [0, 0.1) is 0 Å². The quantitative estimate of drug-likeness (QED) is 0.103. The molecule has 0 aromatic rings. The molecule has 0 saturated carbocycles. The molecule has 15 atom stereocenters. The molecule has 0 aromatic heterocycles. The maximum atomic E-state index is 11.9. The molecular weight excluding hydrogens is 692 g/mol. The Morgan fingerprint density at radius 1 is 0.744 bits per heavy atom. The molecule has 3 saturated heterocycles. The Bertz CT molecular complexity index is 897. The molecule has 1 amide bonds. The van der Waals surface area contributed by atoms with Crippen molar-refractivity contribution in [2.24, 2.45) is 11.5 Å². The van der Waals surface area contributed by atoms with E-state index >= 15 is 0 Å². The third kappa shape index (κ3) is 11.0. The maximum absolute atomic E-state index is 11.9. The fourth-order valence-electron chi connectivity index (χ4n) is 4.55. The number of rotatable bonds is 8. The molecule has 16 N–H and O–H groups in total. The Morgan fingerprint density at radius 2 is 1.19 bits per heavy atom. The van der Waals surface area contributed by atoms with Crippen molar-refractivity contribution >= 4 is 13.7 Å². The van der Waals surface area contributed by atoms with Gasteiger partial charge in [0.15, 0.2) is 18.9 Å². The molecule has 23 heteroatoms. The first kappa shape index (κ1) is 40.9. The van der Waals surface area contributed by atoms with Crippen LogP contribution in [-0.2, 0) is 59.2 Å². The molecule has 0 spiro atoms. The maximum Gasteiger partial charge on any atom is 0.466 e. The van der Waals surface area contributed by atoms with Crippen molar-refractivity contribution in [2.45, 2.75) is 98.9 Å². The number of amides is 1. The molecule has 0 aromatic carbocycles. The topological polar surface area (TPSA) is 367 Å². The molecular formula is C20H40N3O18PZr. The molecule has 43 heavy (non-hydrogen) atoms. The Hall–Kier alpha value is -0.137. The zero-order chi connectivity index (χ0) is 32.1. The average molecular weight is 733 g/mol. The molecule has 21 nitrogen and oxygen atoms in total. The van der Waals surface area contributed by atoms with Crippen LogP contribution in [0.15, 0.2) is 0 Å². The minimum atomic E-state index is -4.64. The molecule has 252 valence electrons. The minimum absolute atomic E-state index is 0. The molecule has 0 aliphatic carbocycles. The summed E-state index contributed by atoms with van der Waals surface area (Å²) in [5.74, 6) is -0.627. The van der Waals surface area contributed by atoms with E-state index in [2.05, 4.69) is 5.32 Å². The van der Waals surface area contributed by atoms with Crippen molar-refractivity contribution < 1.29 is 115 Å². The van der Waals surface area contributed by atoms with Gasteiger partial charge in [0, 0.05) is 33.1 Å². The number of carbonyl (C=O) groups excluding carboxylic acids is 1. The number of nitrogens with two attached hydrogens (primary N) is 2. The normalized spacial score (nSPS) is 43.5. The summed E-state index contributed by atoms with van der Waals surface area (Å²) in [4.78, 5) is 33.5. The van der Waals surface area contributed by atoms with Crippen LogP contribution >= 0.6 is 7.82 Å². The summed E-state index contributed by atoms with van der Waals surface area (Å²) >= 11 is 0. The first-order valence-electron chi connectivity index (χ1n) is 12.5. The van der Waals surface area contributed by atoms with Gasteiger partial charge < -0.3 is 96.0 Å². The van der Waals surface area contributed by atoms with E-state index in [1.165, 1.54) is 0 Å². The molecule has 15 unspecified atom stereocenters. The number of hydrogen-bond donors (Lipinski definition) is 14. The van der Waals surface area contributed by atoms with Crippen molar-refractivity contribution in [2.75, 3.05) is 19.8 Å². The average Bonchev–Trinajstić information content (AvgIpc) is 2.90. The standard InChI is InChI=1S/C20H37N3O14.H3O4P.Zr/c1-5(27)23-11-15(31)17(36-19-10(22)13(29)12(28)6(2-24)34-19)8(4-26)35-20(11)37-16-7(3-25)33-18(32)9(21)14(16)30;1-5(2,3)4;/h6-20,24-26,28-32H,2-4,21-22H2,1H3,(H,23,27);(H3,1,2,3,4);. The van der Waals surface area contributed by atoms with Crippen LogP contribution in [0.4, 0.5) is 0 Å². The SMILES string of the molecule is CC(=O)NC1C(OC2C(CO)OC(O)C(N)C2O)OC(CO)C(OC2OC(CO)C(O)C(O)C2N)C1O.O=P(O)(O)O.[Zr]. The summed E-state index contributed by atoms with van der Waals surface area (Å²) in [6.45, 7) is -0.992. The number of aliphatic hydroxyl groups excluding tert-OH is 8. The van der Waals surface area contributed by atoms with Crippen LogP contribution in [0.2, 0.25) is 0 Å². The van der Waals surface area contributed by atoms with Gasteiger partial charge in [-0.3, -0.25) is 4.79 Å². The van der Waals surface area contributed by atoms with Crippen molar-refractivity contribution in [1.29, 1.82) is 0 Å². The number of phosphoric acid groups is 1. The smallest absolute Gasteiger partial charge is 0.394 e. The Labute approximate surface area is 263 Å². The molecule has 3 heterocycles. The van der Waals surface area contributed by atoms with Gasteiger partial charge in [0.1, 0.15) is 61.0 Å². The molecule has 3 aliphatic rings. The van der Waals surface area contributed by atoms with E-state index in [0.29, 0.717) is 0 Å². The van der Waals surface area contributed by atoms with Gasteiger partial charge in [0.05, 0.1) is 31.9 Å². The van der Waals surface area contributed by atoms with Crippen LogP contribution < -0.4 is 16.8 Å². The zero-order valence-corrected chi connectivity index (χ0v) is 26.0. The van der Waals surface area contributed by atoms with Gasteiger partial charge in [0.25, 0.3) is 0 Å². The first-order valence-corrected chi connectivity index (χ1v) is 14.1. The van der Waals surface area contributed by atoms with Crippen LogP contribution in [0.5, 0.6) is 0 Å². The van der Waals surface area contributed by atoms with Gasteiger partial charge >= 0.3 is 7.82 Å². The van der Waals surface area contributed by atoms with Gasteiger partial charge in [-0.15, -0.1) is 0 Å². The second kappa shape index (κ2) is 17.7. The van der Waals surface area contributed by atoms with Gasteiger partial charge in [0.2, 0.25) is 5.91 Å². The van der Waals surface area contributed by atoms with Crippen LogP contribution in [-0.4, -0.2) is 173 Å². The van der Waals surface area contributed by atoms with E-state index in [1.54, 1.807) is 0 Å². The second-order valence-electron chi connectivity index (χ2n) is 9.76. The van der Waals surface area contributed by atoms with E-state index in [4.69, 9.17) is 54.4 Å². The number of aliphatic hydroxyl groups is 8.